The van der Waals surface area contributed by atoms with E-state index in [1.165, 1.54) is 109 Å². The first kappa shape index (κ1) is 77.3. The molecule has 9 heteroatoms. The summed E-state index contributed by atoms with van der Waals surface area (Å²) in [6.45, 7) is 0. The highest BCUT2D eigenvalue weighted by atomic mass is 15.1. The van der Waals surface area contributed by atoms with Gasteiger partial charge in [0.15, 0.2) is 52.4 Å². The largest absolute Gasteiger partial charge is 0.208 e. The lowest BCUT2D eigenvalue weighted by atomic mass is 9.92. The highest BCUT2D eigenvalue weighted by molar-refractivity contribution is 6.17. The van der Waals surface area contributed by atoms with E-state index in [1.54, 1.807) is 0 Å². The third-order valence-electron chi connectivity index (χ3n) is 24.6. The smallest absolute Gasteiger partial charge is 0.164 e. The van der Waals surface area contributed by atoms with Crippen LogP contribution < -0.4 is 0 Å². The minimum Gasteiger partial charge on any atom is -0.208 e. The van der Waals surface area contributed by atoms with Crippen molar-refractivity contribution in [1.29, 1.82) is 0 Å². The van der Waals surface area contributed by atoms with Gasteiger partial charge in [-0.2, -0.15) is 0 Å². The Balaban J connectivity index is 0.000000111. The lowest BCUT2D eigenvalue weighted by molar-refractivity contribution is 1.07. The van der Waals surface area contributed by atoms with Crippen molar-refractivity contribution in [3.63, 3.8) is 0 Å². The predicted molar refractivity (Wildman–Crippen MR) is 540 cm³/mol. The Bertz CT molecular complexity index is 8610. The van der Waals surface area contributed by atoms with Gasteiger partial charge >= 0.3 is 0 Å². The van der Waals surface area contributed by atoms with Gasteiger partial charge in [0, 0.05) is 50.1 Å². The molecular formula is C121H77N9. The number of rotatable bonds is 12. The van der Waals surface area contributed by atoms with Gasteiger partial charge in [-0.25, -0.2) is 44.9 Å². The van der Waals surface area contributed by atoms with Crippen LogP contribution in [0.1, 0.15) is 0 Å². The van der Waals surface area contributed by atoms with Crippen molar-refractivity contribution in [3.05, 3.63) is 467 Å². The molecule has 9 nitrogen and oxygen atoms in total. The van der Waals surface area contributed by atoms with Crippen LogP contribution in [0, 0.1) is 0 Å². The average molecular weight is 1660 g/mol. The van der Waals surface area contributed by atoms with Crippen molar-refractivity contribution in [1.82, 2.24) is 44.9 Å². The van der Waals surface area contributed by atoms with Crippen LogP contribution in [0.25, 0.3) is 244 Å². The molecular weight excluding hydrogens is 1580 g/mol. The zero-order chi connectivity index (χ0) is 86.2. The first-order valence-electron chi connectivity index (χ1n) is 43.8. The molecule has 606 valence electrons. The Labute approximate surface area is 750 Å². The summed E-state index contributed by atoms with van der Waals surface area (Å²) in [7, 11) is 0. The molecule has 25 aromatic rings. The second-order valence-electron chi connectivity index (χ2n) is 32.7. The van der Waals surface area contributed by atoms with Gasteiger partial charge in [0.1, 0.15) is 0 Å². The molecule has 0 atom stereocenters. The molecule has 3 heterocycles. The molecule has 22 aromatic carbocycles. The zero-order valence-corrected chi connectivity index (χ0v) is 70.5. The maximum Gasteiger partial charge on any atom is 0.164 e. The maximum atomic E-state index is 5.08. The van der Waals surface area contributed by atoms with Crippen molar-refractivity contribution in [2.24, 2.45) is 0 Å². The monoisotopic (exact) mass is 1660 g/mol. The van der Waals surface area contributed by atoms with Crippen molar-refractivity contribution in [3.8, 4) is 136 Å². The fraction of sp³-hybridized carbons (Fsp3) is 0. The molecule has 0 aliphatic rings. The normalized spacial score (nSPS) is 11.4. The summed E-state index contributed by atoms with van der Waals surface area (Å²) in [5, 5.41) is 24.2. The average Bonchev–Trinajstić information content (AvgIpc) is 0.761. The molecule has 0 saturated carbocycles. The number of nitrogens with zero attached hydrogens (tertiary/aromatic N) is 9. The molecule has 0 radical (unpaired) electrons. The van der Waals surface area contributed by atoms with Gasteiger partial charge in [-0.15, -0.1) is 0 Å². The van der Waals surface area contributed by atoms with Gasteiger partial charge in [0.05, 0.1) is 0 Å². The van der Waals surface area contributed by atoms with E-state index in [2.05, 4.69) is 346 Å². The maximum absolute atomic E-state index is 5.08. The van der Waals surface area contributed by atoms with Gasteiger partial charge in [0.2, 0.25) is 0 Å². The summed E-state index contributed by atoms with van der Waals surface area (Å²) in [6.07, 6.45) is 0. The number of aromatic nitrogens is 9. The van der Waals surface area contributed by atoms with E-state index in [0.29, 0.717) is 52.4 Å². The van der Waals surface area contributed by atoms with Gasteiger partial charge in [0.25, 0.3) is 0 Å². The van der Waals surface area contributed by atoms with E-state index in [9.17, 15) is 0 Å². The van der Waals surface area contributed by atoms with E-state index >= 15 is 0 Å². The standard InChI is InChI=1S/C43H27N3.2C39H25N3/c1-2-11-30(12-3-1)41-44-42(34-22-19-28-10-4-5-13-31(28)24-34)46-43(45-41)35-23-20-29-18-21-33(25-36(29)26-35)40-27-32-14-6-7-15-37(32)38-16-8-9-17-39(38)40;1-3-11-26(12-4-1)37-40-38(27-13-5-2-6-14-27)42-39(41-37)32-22-20-28-23-31(21-19-29(28)24-32)36-25-30-15-7-8-16-33(30)34-17-9-10-18-35(34)36;1-2-11-28(12-3-1)37-40-38(29-21-18-27(19-22-29)31-23-20-26-10-4-5-13-30(26)24-31)42-39(41-37)36-25-32-14-6-7-15-33(32)34-16-8-9-17-35(34)36/h1-27H;2*1-25H. The van der Waals surface area contributed by atoms with Crippen molar-refractivity contribution in [2.75, 3.05) is 0 Å². The molecule has 0 spiro atoms. The Hall–Kier alpha value is -17.5. The van der Waals surface area contributed by atoms with Gasteiger partial charge < -0.3 is 0 Å². The van der Waals surface area contributed by atoms with Gasteiger partial charge in [-0.1, -0.05) is 413 Å². The Morgan fingerprint density at radius 3 is 0.662 bits per heavy atom. The highest BCUT2D eigenvalue weighted by Gasteiger charge is 2.21. The predicted octanol–water partition coefficient (Wildman–Crippen LogP) is 31.2. The number of hydrogen-bond acceptors (Lipinski definition) is 9. The Kier molecular flexibility index (Phi) is 20.1. The highest BCUT2D eigenvalue weighted by Crippen LogP contribution is 2.42. The first-order chi connectivity index (χ1) is 64.4. The summed E-state index contributed by atoms with van der Waals surface area (Å²) < 4.78 is 0. The third kappa shape index (κ3) is 15.3. The van der Waals surface area contributed by atoms with Gasteiger partial charge in [-0.3, -0.25) is 0 Å². The fourth-order valence-electron chi connectivity index (χ4n) is 18.1. The second-order valence-corrected chi connectivity index (χ2v) is 32.7. The molecule has 0 amide bonds. The lowest BCUT2D eigenvalue weighted by Crippen LogP contribution is -2.00. The van der Waals surface area contributed by atoms with E-state index in [1.807, 2.05) is 121 Å². The van der Waals surface area contributed by atoms with E-state index < -0.39 is 0 Å². The van der Waals surface area contributed by atoms with Crippen molar-refractivity contribution >= 4 is 108 Å². The molecule has 0 bridgehead atoms. The number of benzene rings is 22. The van der Waals surface area contributed by atoms with Crippen LogP contribution in [0.4, 0.5) is 0 Å². The van der Waals surface area contributed by atoms with E-state index in [4.69, 9.17) is 44.9 Å². The molecule has 0 unspecified atom stereocenters. The van der Waals surface area contributed by atoms with Gasteiger partial charge in [-0.05, 0) is 196 Å². The van der Waals surface area contributed by atoms with Crippen molar-refractivity contribution in [2.45, 2.75) is 0 Å². The molecule has 0 saturated heterocycles. The lowest BCUT2D eigenvalue weighted by Gasteiger charge is -2.12. The van der Waals surface area contributed by atoms with Crippen LogP contribution in [0.15, 0.2) is 467 Å². The number of hydrogen-bond donors (Lipinski definition) is 0. The molecule has 3 aromatic heterocycles. The summed E-state index contributed by atoms with van der Waals surface area (Å²) in [5.41, 5.74) is 15.9. The Morgan fingerprint density at radius 2 is 0.292 bits per heavy atom. The SMILES string of the molecule is c1ccc(-c2nc(-c3ccc(-c4ccc5ccccc5c4)cc3)nc(-c3cc4ccccc4c4ccccc34)n2)cc1.c1ccc(-c2nc(-c3ccc4ccccc4c3)nc(-c3ccc4ccc(-c5cc6ccccc6c6ccccc56)cc4c3)n2)cc1.c1ccc(-c2nc(-c3ccccc3)nc(-c3ccc4cc(-c5cc6ccccc6c6ccccc56)ccc4c3)n2)cc1. The van der Waals surface area contributed by atoms with Crippen LogP contribution >= 0.6 is 0 Å². The van der Waals surface area contributed by atoms with Crippen LogP contribution in [0.5, 0.6) is 0 Å². The fourth-order valence-corrected chi connectivity index (χ4v) is 18.1. The first-order valence-corrected chi connectivity index (χ1v) is 43.8. The summed E-state index contributed by atoms with van der Waals surface area (Å²) >= 11 is 0. The minimum atomic E-state index is 0.653. The number of fused-ring (bicyclic) bond motifs is 13. The zero-order valence-electron chi connectivity index (χ0n) is 70.5. The molecule has 25 rings (SSSR count). The second kappa shape index (κ2) is 33.8. The minimum absolute atomic E-state index is 0.653. The topological polar surface area (TPSA) is 116 Å². The molecule has 0 N–H and O–H groups in total. The molecule has 130 heavy (non-hydrogen) atoms. The van der Waals surface area contributed by atoms with Crippen LogP contribution in [0.2, 0.25) is 0 Å². The molecule has 0 fully saturated rings. The van der Waals surface area contributed by atoms with Crippen molar-refractivity contribution < 1.29 is 0 Å². The summed E-state index contributed by atoms with van der Waals surface area (Å²) in [4.78, 5) is 44.7. The summed E-state index contributed by atoms with van der Waals surface area (Å²) in [5.74, 6) is 5.94. The third-order valence-corrected chi connectivity index (χ3v) is 24.6. The van der Waals surface area contributed by atoms with E-state index in [0.717, 1.165) is 82.6 Å². The molecule has 0 aliphatic heterocycles. The van der Waals surface area contributed by atoms with Crippen LogP contribution in [0.3, 0.4) is 0 Å². The van der Waals surface area contributed by atoms with Crippen LogP contribution in [-0.2, 0) is 0 Å². The van der Waals surface area contributed by atoms with E-state index in [-0.39, 0.29) is 0 Å². The molecule has 0 aliphatic carbocycles. The van der Waals surface area contributed by atoms with Crippen LogP contribution in [-0.4, -0.2) is 44.9 Å². The summed E-state index contributed by atoms with van der Waals surface area (Å²) in [6, 6.07) is 164. The Morgan fingerprint density at radius 1 is 0.0923 bits per heavy atom. The quantitative estimate of drug-likeness (QED) is 0.110.